The van der Waals surface area contributed by atoms with Crippen molar-refractivity contribution in [1.29, 1.82) is 0 Å². The summed E-state index contributed by atoms with van der Waals surface area (Å²) in [4.78, 5) is 24.0. The Kier molecular flexibility index (Phi) is 5.92. The number of nitrogens with one attached hydrogen (secondary N) is 1. The number of nitrogens with zero attached hydrogens (tertiary/aromatic N) is 2. The Morgan fingerprint density at radius 2 is 2.15 bits per heavy atom. The molecule has 0 aliphatic carbocycles. The summed E-state index contributed by atoms with van der Waals surface area (Å²) in [5.74, 6) is -0.304. The quantitative estimate of drug-likeness (QED) is 0.577. The van der Waals surface area contributed by atoms with E-state index in [2.05, 4.69) is 5.32 Å². The third kappa shape index (κ3) is 3.67. The number of benzene rings is 1. The van der Waals surface area contributed by atoms with Crippen LogP contribution in [0, 0.1) is 10.1 Å². The van der Waals surface area contributed by atoms with Crippen LogP contribution >= 0.6 is 0 Å². The SMILES string of the molecule is CCCN(CCO)c1cc(C(=O)NC)ccc1[N+](=O)[O-]. The molecule has 0 saturated carbocycles. The second kappa shape index (κ2) is 7.44. The molecule has 0 aromatic heterocycles. The highest BCUT2D eigenvalue weighted by molar-refractivity contribution is 5.95. The van der Waals surface area contributed by atoms with Gasteiger partial charge in [-0.05, 0) is 18.6 Å². The van der Waals surface area contributed by atoms with Crippen LogP contribution in [-0.4, -0.2) is 42.7 Å². The highest BCUT2D eigenvalue weighted by atomic mass is 16.6. The third-order valence-corrected chi connectivity index (χ3v) is 2.87. The molecule has 1 amide bonds. The summed E-state index contributed by atoms with van der Waals surface area (Å²) in [6, 6.07) is 4.23. The van der Waals surface area contributed by atoms with E-state index in [1.54, 1.807) is 4.90 Å². The van der Waals surface area contributed by atoms with Crippen molar-refractivity contribution in [2.24, 2.45) is 0 Å². The smallest absolute Gasteiger partial charge is 0.292 e. The van der Waals surface area contributed by atoms with Gasteiger partial charge < -0.3 is 15.3 Å². The molecule has 1 rings (SSSR count). The fraction of sp³-hybridized carbons (Fsp3) is 0.462. The van der Waals surface area contributed by atoms with Gasteiger partial charge in [-0.2, -0.15) is 0 Å². The van der Waals surface area contributed by atoms with Crippen molar-refractivity contribution in [2.75, 3.05) is 31.6 Å². The lowest BCUT2D eigenvalue weighted by Gasteiger charge is -2.23. The predicted molar refractivity (Wildman–Crippen MR) is 76.1 cm³/mol. The molecule has 0 unspecified atom stereocenters. The number of aliphatic hydroxyl groups is 1. The van der Waals surface area contributed by atoms with Crippen LogP contribution in [0.3, 0.4) is 0 Å². The van der Waals surface area contributed by atoms with E-state index < -0.39 is 4.92 Å². The number of rotatable bonds is 7. The number of nitro groups is 1. The number of nitro benzene ring substituents is 1. The number of amides is 1. The summed E-state index contributed by atoms with van der Waals surface area (Å²) >= 11 is 0. The number of carbonyl (C=O) groups excluding carboxylic acids is 1. The molecule has 0 aliphatic rings. The molecule has 2 N–H and O–H groups in total. The van der Waals surface area contributed by atoms with E-state index in [1.165, 1.54) is 25.2 Å². The van der Waals surface area contributed by atoms with Crippen LogP contribution in [-0.2, 0) is 0 Å². The Morgan fingerprint density at radius 3 is 2.65 bits per heavy atom. The Morgan fingerprint density at radius 1 is 1.45 bits per heavy atom. The van der Waals surface area contributed by atoms with E-state index in [0.717, 1.165) is 6.42 Å². The zero-order valence-corrected chi connectivity index (χ0v) is 11.6. The maximum Gasteiger partial charge on any atom is 0.292 e. The van der Waals surface area contributed by atoms with E-state index in [4.69, 9.17) is 5.11 Å². The lowest BCUT2D eigenvalue weighted by molar-refractivity contribution is -0.384. The molecule has 1 aromatic rings. The monoisotopic (exact) mass is 281 g/mol. The van der Waals surface area contributed by atoms with Gasteiger partial charge in [-0.15, -0.1) is 0 Å². The second-order valence-electron chi connectivity index (χ2n) is 4.25. The van der Waals surface area contributed by atoms with Crippen molar-refractivity contribution in [3.8, 4) is 0 Å². The van der Waals surface area contributed by atoms with Crippen LogP contribution in [0.25, 0.3) is 0 Å². The van der Waals surface area contributed by atoms with Crippen molar-refractivity contribution in [3.05, 3.63) is 33.9 Å². The summed E-state index contributed by atoms with van der Waals surface area (Å²) in [6.45, 7) is 2.69. The van der Waals surface area contributed by atoms with Crippen LogP contribution in [0.1, 0.15) is 23.7 Å². The first-order chi connectivity index (χ1) is 9.54. The van der Waals surface area contributed by atoms with Crippen molar-refractivity contribution in [3.63, 3.8) is 0 Å². The molecule has 0 atom stereocenters. The van der Waals surface area contributed by atoms with Gasteiger partial charge in [0.05, 0.1) is 11.5 Å². The van der Waals surface area contributed by atoms with Gasteiger partial charge in [-0.1, -0.05) is 6.92 Å². The third-order valence-electron chi connectivity index (χ3n) is 2.87. The summed E-state index contributed by atoms with van der Waals surface area (Å²) in [5.41, 5.74) is 0.638. The zero-order chi connectivity index (χ0) is 15.1. The molecular formula is C13H19N3O4. The molecule has 0 fully saturated rings. The molecule has 0 aliphatic heterocycles. The van der Waals surface area contributed by atoms with Gasteiger partial charge in [0.25, 0.3) is 11.6 Å². The molecule has 7 heteroatoms. The van der Waals surface area contributed by atoms with Gasteiger partial charge in [0.2, 0.25) is 0 Å². The number of aliphatic hydroxyl groups excluding tert-OH is 1. The van der Waals surface area contributed by atoms with E-state index in [0.29, 0.717) is 17.8 Å². The Balaban J connectivity index is 3.28. The molecule has 0 radical (unpaired) electrons. The lowest BCUT2D eigenvalue weighted by Crippen LogP contribution is -2.28. The highest BCUT2D eigenvalue weighted by Gasteiger charge is 2.20. The molecule has 110 valence electrons. The molecular weight excluding hydrogens is 262 g/mol. The number of anilines is 1. The molecule has 0 heterocycles. The first kappa shape index (κ1) is 15.9. The van der Waals surface area contributed by atoms with E-state index in [9.17, 15) is 14.9 Å². The average molecular weight is 281 g/mol. The summed E-state index contributed by atoms with van der Waals surface area (Å²) in [5, 5.41) is 22.7. The number of hydrogen-bond donors (Lipinski definition) is 2. The van der Waals surface area contributed by atoms with E-state index in [-0.39, 0.29) is 24.7 Å². The van der Waals surface area contributed by atoms with Crippen LogP contribution in [0.5, 0.6) is 0 Å². The molecule has 0 saturated heterocycles. The van der Waals surface area contributed by atoms with Crippen molar-refractivity contribution < 1.29 is 14.8 Å². The lowest BCUT2D eigenvalue weighted by atomic mass is 10.1. The van der Waals surface area contributed by atoms with Gasteiger partial charge >= 0.3 is 0 Å². The topological polar surface area (TPSA) is 95.7 Å². The number of hydrogen-bond acceptors (Lipinski definition) is 5. The van der Waals surface area contributed by atoms with Gasteiger partial charge in [0, 0.05) is 31.8 Å². The Bertz CT molecular complexity index is 485. The summed E-state index contributed by atoms with van der Waals surface area (Å²) in [7, 11) is 1.50. The van der Waals surface area contributed by atoms with E-state index in [1.807, 2.05) is 6.92 Å². The van der Waals surface area contributed by atoms with Gasteiger partial charge in [-0.25, -0.2) is 0 Å². The normalized spacial score (nSPS) is 10.2. The van der Waals surface area contributed by atoms with Crippen LogP contribution in [0.2, 0.25) is 0 Å². The van der Waals surface area contributed by atoms with Gasteiger partial charge in [-0.3, -0.25) is 14.9 Å². The maximum atomic E-state index is 11.6. The van der Waals surface area contributed by atoms with Crippen LogP contribution in [0.15, 0.2) is 18.2 Å². The minimum Gasteiger partial charge on any atom is -0.395 e. The molecule has 7 nitrogen and oxygen atoms in total. The average Bonchev–Trinajstić information content (AvgIpc) is 2.45. The summed E-state index contributed by atoms with van der Waals surface area (Å²) < 4.78 is 0. The first-order valence-corrected chi connectivity index (χ1v) is 6.41. The van der Waals surface area contributed by atoms with Crippen LogP contribution in [0.4, 0.5) is 11.4 Å². The van der Waals surface area contributed by atoms with Crippen LogP contribution < -0.4 is 10.2 Å². The highest BCUT2D eigenvalue weighted by Crippen LogP contribution is 2.29. The number of carbonyl (C=O) groups is 1. The van der Waals surface area contributed by atoms with Crippen molar-refractivity contribution in [1.82, 2.24) is 5.32 Å². The maximum absolute atomic E-state index is 11.6. The zero-order valence-electron chi connectivity index (χ0n) is 11.6. The van der Waals surface area contributed by atoms with Gasteiger partial charge in [0.15, 0.2) is 0 Å². The minimum atomic E-state index is -0.483. The predicted octanol–water partition coefficient (Wildman–Crippen LogP) is 1.16. The molecule has 20 heavy (non-hydrogen) atoms. The first-order valence-electron chi connectivity index (χ1n) is 6.41. The molecule has 1 aromatic carbocycles. The standard InChI is InChI=1S/C13H19N3O4/c1-3-6-15(7-8-17)12-9-10(13(18)14-2)4-5-11(12)16(19)20/h4-5,9,17H,3,6-8H2,1-2H3,(H,14,18). The van der Waals surface area contributed by atoms with Crippen molar-refractivity contribution in [2.45, 2.75) is 13.3 Å². The Labute approximate surface area is 117 Å². The fourth-order valence-electron chi connectivity index (χ4n) is 1.96. The fourth-order valence-corrected chi connectivity index (χ4v) is 1.96. The largest absolute Gasteiger partial charge is 0.395 e. The second-order valence-corrected chi connectivity index (χ2v) is 4.25. The van der Waals surface area contributed by atoms with Crippen molar-refractivity contribution >= 4 is 17.3 Å². The minimum absolute atomic E-state index is 0.0699. The Hall–Kier alpha value is -2.15. The van der Waals surface area contributed by atoms with Gasteiger partial charge in [0.1, 0.15) is 5.69 Å². The van der Waals surface area contributed by atoms with E-state index >= 15 is 0 Å². The molecule has 0 bridgehead atoms. The summed E-state index contributed by atoms with van der Waals surface area (Å²) in [6.07, 6.45) is 0.779. The molecule has 0 spiro atoms.